The predicted octanol–water partition coefficient (Wildman–Crippen LogP) is 3.52. The van der Waals surface area contributed by atoms with Gasteiger partial charge >= 0.3 is 0 Å². The van der Waals surface area contributed by atoms with Crippen LogP contribution in [0.3, 0.4) is 0 Å². The topological polar surface area (TPSA) is 44.2 Å². The van der Waals surface area contributed by atoms with Crippen molar-refractivity contribution in [2.45, 2.75) is 10.1 Å². The Bertz CT molecular complexity index is 509. The highest BCUT2D eigenvalue weighted by Crippen LogP contribution is 2.60. The first-order valence-electron chi connectivity index (χ1n) is 4.68. The Morgan fingerprint density at radius 2 is 1.29 bits per heavy atom. The molecule has 1 aromatic rings. The summed E-state index contributed by atoms with van der Waals surface area (Å²) in [5.41, 5.74) is 0. The minimum Gasteiger partial charge on any atom is -0.480 e. The smallest absolute Gasteiger partial charge is 0.208 e. The van der Waals surface area contributed by atoms with E-state index in [1.165, 1.54) is 20.2 Å². The minimum absolute atomic E-state index is 0.644. The Balaban J connectivity index is 1.61. The molecule has 4 rings (SSSR count). The van der Waals surface area contributed by atoms with Gasteiger partial charge in [-0.2, -0.15) is 8.75 Å². The Morgan fingerprint density at radius 3 is 1.88 bits per heavy atom. The number of rotatable bonds is 0. The summed E-state index contributed by atoms with van der Waals surface area (Å²) in [6, 6.07) is 0. The largest absolute Gasteiger partial charge is 0.480 e. The Labute approximate surface area is 118 Å². The van der Waals surface area contributed by atoms with Gasteiger partial charge in [0.2, 0.25) is 10.2 Å². The summed E-state index contributed by atoms with van der Waals surface area (Å²) >= 11 is 7.93. The van der Waals surface area contributed by atoms with Crippen LogP contribution in [-0.4, -0.2) is 22.0 Å². The van der Waals surface area contributed by atoms with Crippen LogP contribution in [0.4, 0.5) is 0 Å². The summed E-state index contributed by atoms with van der Waals surface area (Å²) in [7, 11) is 0. The zero-order chi connectivity index (χ0) is 11.2. The molecule has 0 spiro atoms. The maximum absolute atomic E-state index is 5.57. The van der Waals surface area contributed by atoms with E-state index in [-0.39, 0.29) is 0 Å². The van der Waals surface area contributed by atoms with Gasteiger partial charge in [-0.25, -0.2) is 0 Å². The maximum atomic E-state index is 5.57. The van der Waals surface area contributed by atoms with E-state index in [1.54, 1.807) is 47.0 Å². The van der Waals surface area contributed by atoms with Crippen molar-refractivity contribution in [1.29, 1.82) is 0 Å². The molecule has 0 N–H and O–H groups in total. The van der Waals surface area contributed by atoms with Crippen molar-refractivity contribution in [1.82, 2.24) is 8.75 Å². The molecule has 1 aromatic heterocycles. The number of hydrogen-bond donors (Lipinski definition) is 0. The van der Waals surface area contributed by atoms with Crippen LogP contribution in [-0.2, 0) is 9.47 Å². The van der Waals surface area contributed by atoms with Crippen LogP contribution in [0.2, 0.25) is 0 Å². The molecule has 0 amide bonds. The molecule has 88 valence electrons. The SMILES string of the molecule is C1COC2=C(O1)SC(=C1Sc3nsnc3S1)S2. The van der Waals surface area contributed by atoms with Crippen molar-refractivity contribution >= 4 is 58.8 Å². The molecule has 3 aliphatic heterocycles. The second kappa shape index (κ2) is 4.30. The highest BCUT2D eigenvalue weighted by atomic mass is 32.2. The second-order valence-electron chi connectivity index (χ2n) is 3.13. The zero-order valence-corrected chi connectivity index (χ0v) is 12.2. The molecule has 4 heterocycles. The average Bonchev–Trinajstić information content (AvgIpc) is 3.01. The van der Waals surface area contributed by atoms with Crippen molar-refractivity contribution in [3.63, 3.8) is 0 Å². The molecule has 0 radical (unpaired) electrons. The van der Waals surface area contributed by atoms with E-state index in [0.29, 0.717) is 13.2 Å². The van der Waals surface area contributed by atoms with Crippen molar-refractivity contribution < 1.29 is 9.47 Å². The maximum Gasteiger partial charge on any atom is 0.208 e. The van der Waals surface area contributed by atoms with Crippen molar-refractivity contribution in [2.24, 2.45) is 0 Å². The summed E-state index contributed by atoms with van der Waals surface area (Å²) in [5.74, 6) is 0. The van der Waals surface area contributed by atoms with Crippen molar-refractivity contribution in [3.8, 4) is 0 Å². The Hall–Kier alpha value is 0.0400. The molecule has 4 nitrogen and oxygen atoms in total. The first kappa shape index (κ1) is 10.9. The molecule has 0 aromatic carbocycles. The minimum atomic E-state index is 0.644. The molecule has 0 unspecified atom stereocenters. The van der Waals surface area contributed by atoms with Crippen LogP contribution in [0.5, 0.6) is 0 Å². The van der Waals surface area contributed by atoms with Gasteiger partial charge in [-0.3, -0.25) is 0 Å². The van der Waals surface area contributed by atoms with Gasteiger partial charge in [-0.05, 0) is 23.5 Å². The van der Waals surface area contributed by atoms with Gasteiger partial charge in [0.1, 0.15) is 23.3 Å². The highest BCUT2D eigenvalue weighted by molar-refractivity contribution is 8.32. The summed E-state index contributed by atoms with van der Waals surface area (Å²) in [4.78, 5) is 0. The zero-order valence-electron chi connectivity index (χ0n) is 8.17. The monoisotopic (exact) mass is 320 g/mol. The second-order valence-corrected chi connectivity index (χ2v) is 8.14. The Morgan fingerprint density at radius 1 is 0.765 bits per heavy atom. The molecule has 0 atom stereocenters. The van der Waals surface area contributed by atoms with Crippen LogP contribution in [0.25, 0.3) is 0 Å². The fourth-order valence-corrected chi connectivity index (χ4v) is 6.97. The van der Waals surface area contributed by atoms with Crippen LogP contribution < -0.4 is 0 Å². The summed E-state index contributed by atoms with van der Waals surface area (Å²) in [6.45, 7) is 1.29. The van der Waals surface area contributed by atoms with Gasteiger partial charge in [0, 0.05) is 0 Å². The van der Waals surface area contributed by atoms with E-state index in [9.17, 15) is 0 Å². The van der Waals surface area contributed by atoms with E-state index in [1.807, 2.05) is 0 Å². The quantitative estimate of drug-likeness (QED) is 0.719. The standard InChI is InChI=1S/C8H4N2O2S5/c1-2-12-6-5(11-1)15-8(16-6)7-13-3-4(14-7)10-17-9-3/h1-2H2. The predicted molar refractivity (Wildman–Crippen MR) is 72.8 cm³/mol. The number of fused-ring (bicyclic) bond motifs is 1. The van der Waals surface area contributed by atoms with Gasteiger partial charge in [-0.15, -0.1) is 0 Å². The number of nitrogens with zero attached hydrogens (tertiary/aromatic N) is 2. The van der Waals surface area contributed by atoms with Crippen LogP contribution in [0.15, 0.2) is 28.7 Å². The number of ether oxygens (including phenoxy) is 2. The lowest BCUT2D eigenvalue weighted by atomic mass is 10.7. The van der Waals surface area contributed by atoms with E-state index in [4.69, 9.17) is 9.47 Å². The lowest BCUT2D eigenvalue weighted by Crippen LogP contribution is -2.08. The van der Waals surface area contributed by atoms with Gasteiger partial charge in [0.15, 0.2) is 0 Å². The summed E-state index contributed by atoms with van der Waals surface area (Å²) in [5, 5.41) is 3.85. The van der Waals surface area contributed by atoms with E-state index < -0.39 is 0 Å². The first-order valence-corrected chi connectivity index (χ1v) is 8.68. The fourth-order valence-electron chi connectivity index (χ4n) is 1.38. The van der Waals surface area contributed by atoms with Crippen LogP contribution in [0.1, 0.15) is 0 Å². The average molecular weight is 320 g/mol. The number of thioether (sulfide) groups is 4. The van der Waals surface area contributed by atoms with Gasteiger partial charge < -0.3 is 9.47 Å². The third-order valence-electron chi connectivity index (χ3n) is 2.06. The Kier molecular flexibility index (Phi) is 2.76. The number of hydrogen-bond acceptors (Lipinski definition) is 9. The summed E-state index contributed by atoms with van der Waals surface area (Å²) < 4.78 is 22.1. The van der Waals surface area contributed by atoms with Crippen molar-refractivity contribution in [3.05, 3.63) is 18.7 Å². The lowest BCUT2D eigenvalue weighted by molar-refractivity contribution is 0.0949. The van der Waals surface area contributed by atoms with Gasteiger partial charge in [0.05, 0.1) is 20.2 Å². The highest BCUT2D eigenvalue weighted by Gasteiger charge is 2.33. The molecular formula is C8H4N2O2S5. The van der Waals surface area contributed by atoms with E-state index in [0.717, 1.165) is 20.2 Å². The third-order valence-corrected chi connectivity index (χ3v) is 8.09. The number of aromatic nitrogens is 2. The van der Waals surface area contributed by atoms with Crippen LogP contribution in [0, 0.1) is 0 Å². The molecule has 0 saturated carbocycles. The lowest BCUT2D eigenvalue weighted by Gasteiger charge is -2.13. The van der Waals surface area contributed by atoms with Crippen molar-refractivity contribution in [2.75, 3.05) is 13.2 Å². The molecular weight excluding hydrogens is 316 g/mol. The van der Waals surface area contributed by atoms with Crippen LogP contribution >= 0.6 is 58.8 Å². The molecule has 3 aliphatic rings. The molecule has 0 saturated heterocycles. The molecule has 0 fully saturated rings. The molecule has 0 bridgehead atoms. The molecule has 0 aliphatic carbocycles. The molecule has 9 heteroatoms. The first-order chi connectivity index (χ1) is 8.40. The van der Waals surface area contributed by atoms with Gasteiger partial charge in [-0.1, -0.05) is 23.5 Å². The third kappa shape index (κ3) is 1.88. The normalized spacial score (nSPS) is 22.4. The fraction of sp³-hybridized carbons (Fsp3) is 0.250. The van der Waals surface area contributed by atoms with E-state index in [2.05, 4.69) is 8.75 Å². The molecule has 17 heavy (non-hydrogen) atoms. The van der Waals surface area contributed by atoms with Gasteiger partial charge in [0.25, 0.3) is 0 Å². The van der Waals surface area contributed by atoms with E-state index >= 15 is 0 Å². The summed E-state index contributed by atoms with van der Waals surface area (Å²) in [6.07, 6.45) is 0.